The monoisotopic (exact) mass is 437 g/mol. The molecule has 3 aromatic rings. The van der Waals surface area contributed by atoms with E-state index in [-0.39, 0.29) is 17.8 Å². The molecule has 0 aromatic carbocycles. The van der Waals surface area contributed by atoms with Crippen molar-refractivity contribution in [2.75, 3.05) is 30.4 Å². The molecule has 1 saturated heterocycles. The third kappa shape index (κ3) is 4.41. The summed E-state index contributed by atoms with van der Waals surface area (Å²) in [5.74, 6) is 0.606. The summed E-state index contributed by atoms with van der Waals surface area (Å²) in [6.45, 7) is 1.40. The van der Waals surface area contributed by atoms with Crippen LogP contribution in [0.25, 0.3) is 11.5 Å². The number of aromatic nitrogens is 2. The zero-order chi connectivity index (χ0) is 21.8. The number of carbonyl (C=O) groups is 2. The number of methoxy groups -OCH3 is 1. The van der Waals surface area contributed by atoms with Crippen LogP contribution in [0.1, 0.15) is 28.1 Å². The van der Waals surface area contributed by atoms with E-state index in [9.17, 15) is 14.9 Å². The normalized spacial score (nSPS) is 14.1. The Morgan fingerprint density at radius 3 is 2.74 bits per heavy atom. The highest BCUT2D eigenvalue weighted by Gasteiger charge is 2.26. The molecule has 0 aliphatic carbocycles. The van der Waals surface area contributed by atoms with E-state index in [4.69, 9.17) is 9.15 Å². The van der Waals surface area contributed by atoms with Crippen LogP contribution < -0.4 is 10.2 Å². The Morgan fingerprint density at radius 1 is 1.32 bits per heavy atom. The number of rotatable bonds is 5. The van der Waals surface area contributed by atoms with Gasteiger partial charge < -0.3 is 14.1 Å². The number of nitrogens with zero attached hydrogens (tertiary/aromatic N) is 4. The molecule has 0 spiro atoms. The highest BCUT2D eigenvalue weighted by Crippen LogP contribution is 2.31. The average molecular weight is 437 g/mol. The molecule has 9 nitrogen and oxygen atoms in total. The molecule has 0 unspecified atom stereocenters. The summed E-state index contributed by atoms with van der Waals surface area (Å²) >= 11 is 1.08. The number of nitrogens with one attached hydrogen (secondary N) is 1. The molecule has 0 bridgehead atoms. The first kappa shape index (κ1) is 20.6. The van der Waals surface area contributed by atoms with Crippen molar-refractivity contribution in [1.29, 1.82) is 5.26 Å². The summed E-state index contributed by atoms with van der Waals surface area (Å²) in [4.78, 5) is 35.4. The van der Waals surface area contributed by atoms with Crippen LogP contribution in [0.3, 0.4) is 0 Å². The molecular formula is C21H19N5O4S. The first-order valence-electron chi connectivity index (χ1n) is 9.64. The Bertz CT molecular complexity index is 1110. The lowest BCUT2D eigenvalue weighted by molar-refractivity contribution is -0.146. The minimum absolute atomic E-state index is 0.0750. The molecular weight excluding hydrogens is 418 g/mol. The van der Waals surface area contributed by atoms with Gasteiger partial charge in [0.2, 0.25) is 0 Å². The van der Waals surface area contributed by atoms with Gasteiger partial charge in [0.1, 0.15) is 22.5 Å². The molecule has 0 atom stereocenters. The fraction of sp³-hybridized carbons (Fsp3) is 0.286. The highest BCUT2D eigenvalue weighted by molar-refractivity contribution is 7.16. The van der Waals surface area contributed by atoms with Crippen LogP contribution in [-0.4, -0.2) is 42.0 Å². The van der Waals surface area contributed by atoms with Crippen molar-refractivity contribution in [1.82, 2.24) is 9.97 Å². The molecule has 0 radical (unpaired) electrons. The smallest absolute Gasteiger partial charge is 0.308 e. The van der Waals surface area contributed by atoms with E-state index < -0.39 is 0 Å². The van der Waals surface area contributed by atoms with E-state index in [2.05, 4.69) is 26.3 Å². The summed E-state index contributed by atoms with van der Waals surface area (Å²) in [6.07, 6.45) is 4.42. The minimum atomic E-state index is -0.368. The molecule has 1 aliphatic rings. The second-order valence-electron chi connectivity index (χ2n) is 6.93. The van der Waals surface area contributed by atoms with E-state index in [1.165, 1.54) is 19.6 Å². The fourth-order valence-electron chi connectivity index (χ4n) is 3.42. The van der Waals surface area contributed by atoms with Crippen LogP contribution in [0, 0.1) is 17.2 Å². The Hall–Kier alpha value is -3.71. The van der Waals surface area contributed by atoms with Crippen molar-refractivity contribution in [3.8, 4) is 17.5 Å². The molecule has 4 heterocycles. The van der Waals surface area contributed by atoms with Gasteiger partial charge in [-0.15, -0.1) is 0 Å². The number of hydrogen-bond acceptors (Lipinski definition) is 9. The van der Waals surface area contributed by atoms with Crippen molar-refractivity contribution in [3.63, 3.8) is 0 Å². The number of piperidine rings is 1. The van der Waals surface area contributed by atoms with Gasteiger partial charge in [0.25, 0.3) is 5.91 Å². The molecule has 0 saturated carbocycles. The highest BCUT2D eigenvalue weighted by atomic mass is 32.1. The van der Waals surface area contributed by atoms with E-state index >= 15 is 0 Å². The third-order valence-corrected chi connectivity index (χ3v) is 5.94. The summed E-state index contributed by atoms with van der Waals surface area (Å²) in [7, 11) is 1.41. The van der Waals surface area contributed by atoms with Crippen molar-refractivity contribution >= 4 is 34.2 Å². The molecule has 1 fully saturated rings. The number of amides is 1. The number of thiazole rings is 1. The lowest BCUT2D eigenvalue weighted by atomic mass is 9.97. The van der Waals surface area contributed by atoms with Crippen LogP contribution in [0.2, 0.25) is 0 Å². The van der Waals surface area contributed by atoms with Gasteiger partial charge in [-0.1, -0.05) is 11.3 Å². The molecule has 10 heteroatoms. The summed E-state index contributed by atoms with van der Waals surface area (Å²) < 4.78 is 10.1. The predicted octanol–water partition coefficient (Wildman–Crippen LogP) is 3.31. The molecule has 158 valence electrons. The minimum Gasteiger partial charge on any atom is -0.469 e. The Labute approximate surface area is 182 Å². The van der Waals surface area contributed by atoms with Crippen molar-refractivity contribution in [2.45, 2.75) is 12.8 Å². The van der Waals surface area contributed by atoms with Gasteiger partial charge >= 0.3 is 5.97 Å². The van der Waals surface area contributed by atoms with E-state index in [1.54, 1.807) is 24.3 Å². The lowest BCUT2D eigenvalue weighted by Gasteiger charge is -2.31. The van der Waals surface area contributed by atoms with E-state index in [0.29, 0.717) is 53.0 Å². The molecule has 31 heavy (non-hydrogen) atoms. The fourth-order valence-corrected chi connectivity index (χ4v) is 4.18. The van der Waals surface area contributed by atoms with Crippen LogP contribution in [-0.2, 0) is 9.53 Å². The number of esters is 1. The van der Waals surface area contributed by atoms with Crippen molar-refractivity contribution in [2.24, 2.45) is 5.92 Å². The number of furan rings is 1. The molecule has 4 rings (SSSR count). The summed E-state index contributed by atoms with van der Waals surface area (Å²) in [6, 6.07) is 8.96. The molecule has 1 amide bonds. The van der Waals surface area contributed by atoms with Gasteiger partial charge in [-0.05, 0) is 37.1 Å². The third-order valence-electron chi connectivity index (χ3n) is 5.07. The largest absolute Gasteiger partial charge is 0.469 e. The lowest BCUT2D eigenvalue weighted by Crippen LogP contribution is -2.37. The van der Waals surface area contributed by atoms with Crippen LogP contribution in [0.4, 0.5) is 10.9 Å². The first-order chi connectivity index (χ1) is 15.1. The maximum atomic E-state index is 12.6. The van der Waals surface area contributed by atoms with Crippen molar-refractivity contribution < 1.29 is 18.7 Å². The number of ether oxygens (including phenoxy) is 1. The zero-order valence-electron chi connectivity index (χ0n) is 16.7. The first-order valence-corrected chi connectivity index (χ1v) is 10.5. The van der Waals surface area contributed by atoms with Gasteiger partial charge in [0.05, 0.1) is 24.9 Å². The second-order valence-corrected chi connectivity index (χ2v) is 7.93. The quantitative estimate of drug-likeness (QED) is 0.604. The number of anilines is 2. The number of nitriles is 1. The Balaban J connectivity index is 1.40. The van der Waals surface area contributed by atoms with Crippen LogP contribution >= 0.6 is 11.3 Å². The van der Waals surface area contributed by atoms with E-state index in [1.807, 2.05) is 0 Å². The van der Waals surface area contributed by atoms with Gasteiger partial charge in [-0.25, -0.2) is 9.97 Å². The number of pyridine rings is 1. The zero-order valence-corrected chi connectivity index (χ0v) is 17.5. The summed E-state index contributed by atoms with van der Waals surface area (Å²) in [5.41, 5.74) is 0.776. The second kappa shape index (κ2) is 8.97. The molecule has 1 aliphatic heterocycles. The van der Waals surface area contributed by atoms with Crippen LogP contribution in [0.15, 0.2) is 41.1 Å². The average Bonchev–Trinajstić information content (AvgIpc) is 3.48. The van der Waals surface area contributed by atoms with E-state index in [0.717, 1.165) is 17.2 Å². The van der Waals surface area contributed by atoms with Gasteiger partial charge in [0, 0.05) is 19.3 Å². The SMILES string of the molecule is COC(=O)C1CCN(c2ccc(C(=O)Nc3nc(-c4ccco4)c(C#N)s3)cn2)CC1. The van der Waals surface area contributed by atoms with Gasteiger partial charge in [-0.2, -0.15) is 5.26 Å². The molecule has 3 aromatic heterocycles. The van der Waals surface area contributed by atoms with Gasteiger partial charge in [0.15, 0.2) is 10.9 Å². The van der Waals surface area contributed by atoms with Gasteiger partial charge in [-0.3, -0.25) is 14.9 Å². The topological polar surface area (TPSA) is 121 Å². The Morgan fingerprint density at radius 2 is 2.13 bits per heavy atom. The number of carbonyl (C=O) groups excluding carboxylic acids is 2. The van der Waals surface area contributed by atoms with Crippen molar-refractivity contribution in [3.05, 3.63) is 47.2 Å². The standard InChI is InChI=1S/C21H19N5O4S/c1-29-20(28)13-6-8-26(9-7-13)17-5-4-14(12-23-17)19(27)25-21-24-18(16(11-22)31-21)15-3-2-10-30-15/h2-5,10,12-13H,6-9H2,1H3,(H,24,25,27). The summed E-state index contributed by atoms with van der Waals surface area (Å²) in [5, 5.41) is 12.3. The maximum absolute atomic E-state index is 12.6. The molecule has 1 N–H and O–H groups in total. The Kier molecular flexibility index (Phi) is 5.95. The number of hydrogen-bond donors (Lipinski definition) is 1. The van der Waals surface area contributed by atoms with Crippen LogP contribution in [0.5, 0.6) is 0 Å². The predicted molar refractivity (Wildman–Crippen MR) is 114 cm³/mol. The maximum Gasteiger partial charge on any atom is 0.308 e.